The third kappa shape index (κ3) is 6.68. The van der Waals surface area contributed by atoms with E-state index in [4.69, 9.17) is 4.74 Å². The maximum Gasteiger partial charge on any atom is 0.408 e. The van der Waals surface area contributed by atoms with Crippen molar-refractivity contribution in [2.45, 2.75) is 84.9 Å². The fourth-order valence-corrected chi connectivity index (χ4v) is 2.88. The molecule has 4 heteroatoms. The largest absolute Gasteiger partial charge is 0.444 e. The Kier molecular flexibility index (Phi) is 6.09. The van der Waals surface area contributed by atoms with E-state index in [-0.39, 0.29) is 11.6 Å². The second-order valence-corrected chi connectivity index (χ2v) is 8.27. The van der Waals surface area contributed by atoms with Crippen molar-refractivity contribution in [3.05, 3.63) is 0 Å². The molecule has 0 aliphatic heterocycles. The van der Waals surface area contributed by atoms with E-state index in [2.05, 4.69) is 24.5 Å². The summed E-state index contributed by atoms with van der Waals surface area (Å²) in [6.07, 6.45) is 3.51. The van der Waals surface area contributed by atoms with Crippen LogP contribution < -0.4 is 10.6 Å². The summed E-state index contributed by atoms with van der Waals surface area (Å²) >= 11 is 0. The van der Waals surface area contributed by atoms with E-state index in [1.165, 1.54) is 19.3 Å². The average Bonchev–Trinajstić information content (AvgIpc) is 2.27. The van der Waals surface area contributed by atoms with Crippen LogP contribution in [0.3, 0.4) is 0 Å². The number of ether oxygens (including phenoxy) is 1. The van der Waals surface area contributed by atoms with Gasteiger partial charge in [-0.15, -0.1) is 0 Å². The lowest BCUT2D eigenvalue weighted by Gasteiger charge is -2.37. The molecular weight excluding hydrogens is 264 g/mol. The summed E-state index contributed by atoms with van der Waals surface area (Å²) in [5, 5.41) is 6.59. The number of hydrogen-bond acceptors (Lipinski definition) is 3. The molecule has 0 bridgehead atoms. The maximum absolute atomic E-state index is 11.9. The molecule has 0 heterocycles. The maximum atomic E-state index is 11.9. The first-order valence-corrected chi connectivity index (χ1v) is 8.25. The lowest BCUT2D eigenvalue weighted by Crippen LogP contribution is -2.54. The van der Waals surface area contributed by atoms with Gasteiger partial charge in [0.2, 0.25) is 0 Å². The van der Waals surface area contributed by atoms with Crippen LogP contribution >= 0.6 is 0 Å². The normalized spacial score (nSPS) is 27.3. The number of hydrogen-bond donors (Lipinski definition) is 2. The molecule has 0 aromatic carbocycles. The van der Waals surface area contributed by atoms with Crippen LogP contribution in [-0.4, -0.2) is 29.8 Å². The summed E-state index contributed by atoms with van der Waals surface area (Å²) in [6.45, 7) is 15.1. The summed E-state index contributed by atoms with van der Waals surface area (Å²) in [4.78, 5) is 11.9. The van der Waals surface area contributed by atoms with Crippen LogP contribution in [0.2, 0.25) is 0 Å². The Hall–Kier alpha value is -0.770. The first-order valence-electron chi connectivity index (χ1n) is 8.25. The van der Waals surface area contributed by atoms with Gasteiger partial charge in [0.05, 0.1) is 5.54 Å². The highest BCUT2D eigenvalue weighted by Gasteiger charge is 2.30. The molecule has 0 radical (unpaired) electrons. The minimum atomic E-state index is -0.457. The van der Waals surface area contributed by atoms with Crippen molar-refractivity contribution >= 4 is 6.09 Å². The molecule has 1 saturated carbocycles. The topological polar surface area (TPSA) is 50.4 Å². The smallest absolute Gasteiger partial charge is 0.408 e. The summed E-state index contributed by atoms with van der Waals surface area (Å²) in [6, 6.07) is 0.550. The van der Waals surface area contributed by atoms with Crippen LogP contribution in [0.5, 0.6) is 0 Å². The molecule has 1 aliphatic carbocycles. The number of carbonyl (C=O) groups excluding carboxylic acids is 1. The van der Waals surface area contributed by atoms with Crippen LogP contribution in [0.15, 0.2) is 0 Å². The van der Waals surface area contributed by atoms with Gasteiger partial charge in [0.25, 0.3) is 0 Å². The molecule has 1 fully saturated rings. The Morgan fingerprint density at radius 1 is 1.14 bits per heavy atom. The first kappa shape index (κ1) is 18.3. The van der Waals surface area contributed by atoms with E-state index in [0.717, 1.165) is 12.5 Å². The van der Waals surface area contributed by atoms with Crippen molar-refractivity contribution < 1.29 is 9.53 Å². The third-order valence-corrected chi connectivity index (χ3v) is 4.35. The van der Waals surface area contributed by atoms with Gasteiger partial charge in [-0.2, -0.15) is 0 Å². The lowest BCUT2D eigenvalue weighted by atomic mass is 9.78. The fraction of sp³-hybridized carbons (Fsp3) is 0.941. The molecule has 3 unspecified atom stereocenters. The predicted octanol–water partition coefficient (Wildman–Crippen LogP) is 3.70. The molecule has 3 atom stereocenters. The Morgan fingerprint density at radius 3 is 2.33 bits per heavy atom. The van der Waals surface area contributed by atoms with Crippen molar-refractivity contribution in [3.8, 4) is 0 Å². The fourth-order valence-electron chi connectivity index (χ4n) is 2.88. The molecule has 1 rings (SSSR count). The molecule has 1 aliphatic rings. The van der Waals surface area contributed by atoms with Crippen LogP contribution in [0, 0.1) is 11.8 Å². The molecule has 2 N–H and O–H groups in total. The van der Waals surface area contributed by atoms with Crippen LogP contribution in [0.25, 0.3) is 0 Å². The minimum absolute atomic E-state index is 0.317. The lowest BCUT2D eigenvalue weighted by molar-refractivity contribution is 0.0467. The van der Waals surface area contributed by atoms with Crippen molar-refractivity contribution in [2.24, 2.45) is 11.8 Å². The van der Waals surface area contributed by atoms with Gasteiger partial charge in [-0.3, -0.25) is 0 Å². The number of rotatable bonds is 4. The van der Waals surface area contributed by atoms with E-state index >= 15 is 0 Å². The Bertz CT molecular complexity index is 347. The van der Waals surface area contributed by atoms with Gasteiger partial charge in [0, 0.05) is 12.6 Å². The average molecular weight is 298 g/mol. The Morgan fingerprint density at radius 2 is 1.76 bits per heavy atom. The zero-order valence-corrected chi connectivity index (χ0v) is 14.9. The second-order valence-electron chi connectivity index (χ2n) is 8.27. The summed E-state index contributed by atoms with van der Waals surface area (Å²) < 4.78 is 5.33. The van der Waals surface area contributed by atoms with Crippen LogP contribution in [0.4, 0.5) is 4.79 Å². The Balaban J connectivity index is 2.43. The highest BCUT2D eigenvalue weighted by Crippen LogP contribution is 2.29. The predicted molar refractivity (Wildman–Crippen MR) is 87.4 cm³/mol. The zero-order chi connectivity index (χ0) is 16.3. The third-order valence-electron chi connectivity index (χ3n) is 4.35. The quantitative estimate of drug-likeness (QED) is 0.832. The zero-order valence-electron chi connectivity index (χ0n) is 14.9. The standard InChI is InChI=1S/C17H34N2O2/c1-12-9-8-10-14(13(12)2)18-11-17(6,7)19-15(20)21-16(3,4)5/h12-14,18H,8-11H2,1-7H3,(H,19,20). The molecule has 1 amide bonds. The van der Waals surface area contributed by atoms with Gasteiger partial charge in [-0.1, -0.05) is 26.7 Å². The summed E-state index contributed by atoms with van der Waals surface area (Å²) in [7, 11) is 0. The molecule has 0 aromatic rings. The molecular formula is C17H34N2O2. The first-order chi connectivity index (χ1) is 9.50. The summed E-state index contributed by atoms with van der Waals surface area (Å²) in [5.41, 5.74) is -0.774. The molecule has 21 heavy (non-hydrogen) atoms. The number of alkyl carbamates (subject to hydrolysis) is 1. The van der Waals surface area contributed by atoms with Gasteiger partial charge in [-0.25, -0.2) is 4.79 Å². The van der Waals surface area contributed by atoms with Crippen LogP contribution in [0.1, 0.15) is 67.7 Å². The van der Waals surface area contributed by atoms with Gasteiger partial charge in [0.1, 0.15) is 5.60 Å². The van der Waals surface area contributed by atoms with E-state index in [1.807, 2.05) is 34.6 Å². The van der Waals surface area contributed by atoms with Gasteiger partial charge >= 0.3 is 6.09 Å². The van der Waals surface area contributed by atoms with Gasteiger partial charge in [0.15, 0.2) is 0 Å². The number of carbonyl (C=O) groups is 1. The number of amides is 1. The van der Waals surface area contributed by atoms with Crippen molar-refractivity contribution in [2.75, 3.05) is 6.54 Å². The summed E-state index contributed by atoms with van der Waals surface area (Å²) in [5.74, 6) is 1.47. The van der Waals surface area contributed by atoms with E-state index < -0.39 is 5.60 Å². The minimum Gasteiger partial charge on any atom is -0.444 e. The Labute approximate surface area is 130 Å². The SMILES string of the molecule is CC1CCCC(NCC(C)(C)NC(=O)OC(C)(C)C)C1C. The van der Waals surface area contributed by atoms with E-state index in [0.29, 0.717) is 12.0 Å². The van der Waals surface area contributed by atoms with E-state index in [1.54, 1.807) is 0 Å². The highest BCUT2D eigenvalue weighted by molar-refractivity contribution is 5.68. The highest BCUT2D eigenvalue weighted by atomic mass is 16.6. The van der Waals surface area contributed by atoms with E-state index in [9.17, 15) is 4.79 Å². The van der Waals surface area contributed by atoms with Gasteiger partial charge < -0.3 is 15.4 Å². The van der Waals surface area contributed by atoms with Gasteiger partial charge in [-0.05, 0) is 52.9 Å². The second kappa shape index (κ2) is 6.99. The van der Waals surface area contributed by atoms with Crippen molar-refractivity contribution in [1.82, 2.24) is 10.6 Å². The molecule has 124 valence electrons. The van der Waals surface area contributed by atoms with Crippen molar-refractivity contribution in [3.63, 3.8) is 0 Å². The molecule has 4 nitrogen and oxygen atoms in total. The molecule has 0 aromatic heterocycles. The van der Waals surface area contributed by atoms with Crippen LogP contribution in [-0.2, 0) is 4.74 Å². The number of nitrogens with one attached hydrogen (secondary N) is 2. The molecule has 0 spiro atoms. The monoisotopic (exact) mass is 298 g/mol. The molecule has 0 saturated heterocycles. The van der Waals surface area contributed by atoms with Crippen molar-refractivity contribution in [1.29, 1.82) is 0 Å².